The first-order chi connectivity index (χ1) is 12.6. The Morgan fingerprint density at radius 1 is 1.15 bits per heavy atom. The van der Waals surface area contributed by atoms with Gasteiger partial charge in [0, 0.05) is 11.6 Å². The van der Waals surface area contributed by atoms with Crippen LogP contribution in [0.15, 0.2) is 48.7 Å². The highest BCUT2D eigenvalue weighted by Gasteiger charge is 2.07. The molecule has 1 aromatic heterocycles. The summed E-state index contributed by atoms with van der Waals surface area (Å²) in [6, 6.07) is 11.6. The largest absolute Gasteiger partial charge is 0.495 e. The zero-order valence-electron chi connectivity index (χ0n) is 14.0. The highest BCUT2D eigenvalue weighted by molar-refractivity contribution is 6.31. The van der Waals surface area contributed by atoms with Crippen LogP contribution in [0.25, 0.3) is 0 Å². The number of benzene rings is 2. The summed E-state index contributed by atoms with van der Waals surface area (Å²) >= 11 is 6.03. The highest BCUT2D eigenvalue weighted by atomic mass is 35.5. The molecule has 134 valence electrons. The van der Waals surface area contributed by atoms with Crippen LogP contribution in [-0.4, -0.2) is 28.8 Å². The summed E-state index contributed by atoms with van der Waals surface area (Å²) in [5, 5.41) is 14.7. The first-order valence-electron chi connectivity index (χ1n) is 7.92. The second kappa shape index (κ2) is 8.44. The molecule has 0 fully saturated rings. The number of anilines is 3. The minimum Gasteiger partial charge on any atom is -0.495 e. The molecule has 2 N–H and O–H groups in total. The van der Waals surface area contributed by atoms with Crippen molar-refractivity contribution < 1.29 is 9.13 Å². The second-order valence-electron chi connectivity index (χ2n) is 5.44. The van der Waals surface area contributed by atoms with E-state index in [0.717, 1.165) is 5.56 Å². The zero-order valence-corrected chi connectivity index (χ0v) is 14.8. The smallest absolute Gasteiger partial charge is 0.244 e. The van der Waals surface area contributed by atoms with E-state index in [1.54, 1.807) is 37.4 Å². The predicted molar refractivity (Wildman–Crippen MR) is 99.7 cm³/mol. The average Bonchev–Trinajstić information content (AvgIpc) is 2.64. The van der Waals surface area contributed by atoms with Gasteiger partial charge in [-0.1, -0.05) is 23.7 Å². The SMILES string of the molecule is COc1ccc(Cl)cc1Nc1cnnc(NCCc2ccc(F)cc2)n1. The second-order valence-corrected chi connectivity index (χ2v) is 5.87. The molecule has 0 aliphatic rings. The van der Waals surface area contributed by atoms with Crippen molar-refractivity contribution in [3.8, 4) is 5.75 Å². The Balaban J connectivity index is 1.63. The van der Waals surface area contributed by atoms with Crippen LogP contribution >= 0.6 is 11.6 Å². The lowest BCUT2D eigenvalue weighted by Crippen LogP contribution is -2.10. The van der Waals surface area contributed by atoms with Gasteiger partial charge in [0.25, 0.3) is 0 Å². The molecule has 3 aromatic rings. The van der Waals surface area contributed by atoms with Crippen LogP contribution in [0.2, 0.25) is 5.02 Å². The Hall–Kier alpha value is -2.93. The molecule has 0 saturated carbocycles. The van der Waals surface area contributed by atoms with Crippen LogP contribution in [0.3, 0.4) is 0 Å². The van der Waals surface area contributed by atoms with E-state index in [9.17, 15) is 4.39 Å². The van der Waals surface area contributed by atoms with Gasteiger partial charge in [0.15, 0.2) is 5.82 Å². The minimum atomic E-state index is -0.246. The van der Waals surface area contributed by atoms with Gasteiger partial charge in [0.1, 0.15) is 11.6 Å². The topological polar surface area (TPSA) is 72.0 Å². The van der Waals surface area contributed by atoms with Gasteiger partial charge >= 0.3 is 0 Å². The minimum absolute atomic E-state index is 0.246. The molecule has 0 unspecified atom stereocenters. The van der Waals surface area contributed by atoms with Crippen molar-refractivity contribution in [2.75, 3.05) is 24.3 Å². The monoisotopic (exact) mass is 373 g/mol. The first kappa shape index (κ1) is 17.9. The summed E-state index contributed by atoms with van der Waals surface area (Å²) in [5.74, 6) is 1.28. The van der Waals surface area contributed by atoms with E-state index in [0.29, 0.717) is 41.2 Å². The van der Waals surface area contributed by atoms with Crippen molar-refractivity contribution in [3.63, 3.8) is 0 Å². The lowest BCUT2D eigenvalue weighted by Gasteiger charge is -2.11. The van der Waals surface area contributed by atoms with Gasteiger partial charge in [-0.25, -0.2) is 4.39 Å². The van der Waals surface area contributed by atoms with Crippen molar-refractivity contribution in [2.24, 2.45) is 0 Å². The normalized spacial score (nSPS) is 10.4. The molecule has 1 heterocycles. The Morgan fingerprint density at radius 3 is 2.73 bits per heavy atom. The number of halogens is 2. The third-order valence-electron chi connectivity index (χ3n) is 3.59. The molecule has 0 bridgehead atoms. The molecule has 0 spiro atoms. The number of nitrogens with one attached hydrogen (secondary N) is 2. The Bertz CT molecular complexity index is 876. The van der Waals surface area contributed by atoms with Gasteiger partial charge in [-0.3, -0.25) is 0 Å². The number of ether oxygens (including phenoxy) is 1. The molecule has 26 heavy (non-hydrogen) atoms. The lowest BCUT2D eigenvalue weighted by atomic mass is 10.1. The molecule has 0 aliphatic carbocycles. The molecule has 0 amide bonds. The Morgan fingerprint density at radius 2 is 1.96 bits per heavy atom. The summed E-state index contributed by atoms with van der Waals surface area (Å²) in [6.45, 7) is 0.594. The maximum Gasteiger partial charge on any atom is 0.244 e. The third kappa shape index (κ3) is 4.80. The molecule has 3 rings (SSSR count). The van der Waals surface area contributed by atoms with E-state index < -0.39 is 0 Å². The van der Waals surface area contributed by atoms with Crippen molar-refractivity contribution in [3.05, 3.63) is 65.1 Å². The standard InChI is InChI=1S/C18H17ClFN5O/c1-26-16-7-4-13(19)10-15(16)23-17-11-22-25-18(24-17)21-9-8-12-2-5-14(20)6-3-12/h2-7,10-11H,8-9H2,1H3,(H2,21,23,24,25). The van der Waals surface area contributed by atoms with Crippen molar-refractivity contribution >= 4 is 29.1 Å². The number of rotatable bonds is 7. The van der Waals surface area contributed by atoms with Crippen LogP contribution in [0.5, 0.6) is 5.75 Å². The van der Waals surface area contributed by atoms with E-state index in [1.807, 2.05) is 0 Å². The van der Waals surface area contributed by atoms with Gasteiger partial charge in [-0.2, -0.15) is 10.1 Å². The molecule has 0 radical (unpaired) electrons. The fourth-order valence-corrected chi connectivity index (χ4v) is 2.50. The number of hydrogen-bond donors (Lipinski definition) is 2. The van der Waals surface area contributed by atoms with Gasteiger partial charge in [-0.15, -0.1) is 5.10 Å². The Labute approximate surface area is 155 Å². The summed E-state index contributed by atoms with van der Waals surface area (Å²) < 4.78 is 18.2. The first-order valence-corrected chi connectivity index (χ1v) is 8.30. The van der Waals surface area contributed by atoms with Crippen molar-refractivity contribution in [2.45, 2.75) is 6.42 Å². The van der Waals surface area contributed by atoms with Crippen LogP contribution in [0.4, 0.5) is 21.8 Å². The van der Waals surface area contributed by atoms with Crippen LogP contribution in [-0.2, 0) is 6.42 Å². The van der Waals surface area contributed by atoms with Gasteiger partial charge < -0.3 is 15.4 Å². The summed E-state index contributed by atoms with van der Waals surface area (Å²) in [7, 11) is 1.58. The van der Waals surface area contributed by atoms with Gasteiger partial charge in [0.05, 0.1) is 19.0 Å². The maximum absolute atomic E-state index is 12.9. The van der Waals surface area contributed by atoms with Crippen LogP contribution in [0.1, 0.15) is 5.56 Å². The molecule has 0 aliphatic heterocycles. The average molecular weight is 374 g/mol. The van der Waals surface area contributed by atoms with Gasteiger partial charge in [-0.05, 0) is 42.3 Å². The van der Waals surface area contributed by atoms with Gasteiger partial charge in [0.2, 0.25) is 5.95 Å². The fraction of sp³-hybridized carbons (Fsp3) is 0.167. The van der Waals surface area contributed by atoms with E-state index in [1.165, 1.54) is 18.3 Å². The summed E-state index contributed by atoms with van der Waals surface area (Å²) in [4.78, 5) is 4.36. The van der Waals surface area contributed by atoms with E-state index in [2.05, 4.69) is 25.8 Å². The molecular weight excluding hydrogens is 357 g/mol. The molecule has 8 heteroatoms. The number of aromatic nitrogens is 3. The quantitative estimate of drug-likeness (QED) is 0.650. The number of nitrogens with zero attached hydrogens (tertiary/aromatic N) is 3. The number of hydrogen-bond acceptors (Lipinski definition) is 6. The van der Waals surface area contributed by atoms with Crippen molar-refractivity contribution in [1.82, 2.24) is 15.2 Å². The molecular formula is C18H17ClFN5O. The van der Waals surface area contributed by atoms with E-state index >= 15 is 0 Å². The van der Waals surface area contributed by atoms with Crippen LogP contribution < -0.4 is 15.4 Å². The number of methoxy groups -OCH3 is 1. The molecule has 0 atom stereocenters. The predicted octanol–water partition coefficient (Wildman–Crippen LogP) is 4.07. The maximum atomic E-state index is 12.9. The summed E-state index contributed by atoms with van der Waals surface area (Å²) in [5.41, 5.74) is 1.70. The molecule has 0 saturated heterocycles. The highest BCUT2D eigenvalue weighted by Crippen LogP contribution is 2.29. The van der Waals surface area contributed by atoms with E-state index in [-0.39, 0.29) is 5.82 Å². The third-order valence-corrected chi connectivity index (χ3v) is 3.83. The van der Waals surface area contributed by atoms with E-state index in [4.69, 9.17) is 16.3 Å². The zero-order chi connectivity index (χ0) is 18.4. The molecule has 6 nitrogen and oxygen atoms in total. The summed E-state index contributed by atoms with van der Waals surface area (Å²) in [6.07, 6.45) is 2.22. The van der Waals surface area contributed by atoms with Crippen LogP contribution in [0, 0.1) is 5.82 Å². The van der Waals surface area contributed by atoms with Crippen molar-refractivity contribution in [1.29, 1.82) is 0 Å². The Kier molecular flexibility index (Phi) is 5.80. The molecule has 2 aromatic carbocycles. The fourth-order valence-electron chi connectivity index (χ4n) is 2.32. The lowest BCUT2D eigenvalue weighted by molar-refractivity contribution is 0.417.